The van der Waals surface area contributed by atoms with E-state index < -0.39 is 0 Å². The fourth-order valence-corrected chi connectivity index (χ4v) is 1.69. The van der Waals surface area contributed by atoms with Crippen LogP contribution < -0.4 is 0 Å². The molecule has 0 spiro atoms. The standard InChI is InChI=1S/C9H14N2O/c1-7-3-4-10-11(7)8-5-9(6-8)12-2/h3-4,8-9H,5-6H2,1-2H3. The third-order valence-electron chi connectivity index (χ3n) is 2.62. The summed E-state index contributed by atoms with van der Waals surface area (Å²) in [5, 5.41) is 4.27. The van der Waals surface area contributed by atoms with E-state index in [2.05, 4.69) is 16.7 Å². The molecule has 1 aromatic heterocycles. The molecule has 1 aliphatic rings. The Balaban J connectivity index is 2.01. The van der Waals surface area contributed by atoms with Crippen LogP contribution in [-0.2, 0) is 4.74 Å². The van der Waals surface area contributed by atoms with E-state index in [1.807, 2.05) is 12.3 Å². The van der Waals surface area contributed by atoms with Crippen LogP contribution >= 0.6 is 0 Å². The second-order valence-electron chi connectivity index (χ2n) is 3.40. The van der Waals surface area contributed by atoms with Crippen molar-refractivity contribution >= 4 is 0 Å². The lowest BCUT2D eigenvalue weighted by Gasteiger charge is -2.34. The predicted octanol–water partition coefficient (Wildman–Crippen LogP) is 1.54. The molecule has 3 heteroatoms. The summed E-state index contributed by atoms with van der Waals surface area (Å²) in [6.07, 6.45) is 4.53. The number of ether oxygens (including phenoxy) is 1. The van der Waals surface area contributed by atoms with E-state index in [1.165, 1.54) is 5.69 Å². The van der Waals surface area contributed by atoms with Gasteiger partial charge in [-0.15, -0.1) is 0 Å². The third kappa shape index (κ3) is 1.14. The molecule has 0 N–H and O–H groups in total. The summed E-state index contributed by atoms with van der Waals surface area (Å²) < 4.78 is 7.31. The maximum atomic E-state index is 5.21. The van der Waals surface area contributed by atoms with Gasteiger partial charge < -0.3 is 4.74 Å². The molecule has 1 saturated carbocycles. The van der Waals surface area contributed by atoms with E-state index in [4.69, 9.17) is 4.74 Å². The molecule has 1 heterocycles. The first kappa shape index (κ1) is 7.80. The Morgan fingerprint density at radius 3 is 2.83 bits per heavy atom. The summed E-state index contributed by atoms with van der Waals surface area (Å²) in [6, 6.07) is 2.62. The van der Waals surface area contributed by atoms with Gasteiger partial charge >= 0.3 is 0 Å². The molecule has 0 bridgehead atoms. The van der Waals surface area contributed by atoms with Gasteiger partial charge in [0.1, 0.15) is 0 Å². The fraction of sp³-hybridized carbons (Fsp3) is 0.667. The molecular formula is C9H14N2O. The zero-order chi connectivity index (χ0) is 8.55. The van der Waals surface area contributed by atoms with Crippen molar-refractivity contribution in [3.63, 3.8) is 0 Å². The third-order valence-corrected chi connectivity index (χ3v) is 2.62. The fourth-order valence-electron chi connectivity index (χ4n) is 1.69. The van der Waals surface area contributed by atoms with E-state index in [0.717, 1.165) is 12.8 Å². The highest BCUT2D eigenvalue weighted by molar-refractivity contribution is 5.01. The zero-order valence-electron chi connectivity index (χ0n) is 7.53. The number of nitrogens with zero attached hydrogens (tertiary/aromatic N) is 2. The maximum absolute atomic E-state index is 5.21. The van der Waals surface area contributed by atoms with E-state index in [1.54, 1.807) is 7.11 Å². The summed E-state index contributed by atoms with van der Waals surface area (Å²) in [7, 11) is 1.77. The van der Waals surface area contributed by atoms with Crippen molar-refractivity contribution in [1.29, 1.82) is 0 Å². The van der Waals surface area contributed by atoms with Gasteiger partial charge in [0.2, 0.25) is 0 Å². The molecule has 0 aromatic carbocycles. The molecule has 1 aliphatic carbocycles. The minimum atomic E-state index is 0.457. The van der Waals surface area contributed by atoms with Gasteiger partial charge in [0.15, 0.2) is 0 Å². The lowest BCUT2D eigenvalue weighted by molar-refractivity contribution is 0.00189. The Labute approximate surface area is 72.3 Å². The molecule has 12 heavy (non-hydrogen) atoms. The average Bonchev–Trinajstić information content (AvgIpc) is 2.35. The highest BCUT2D eigenvalue weighted by Crippen LogP contribution is 2.33. The Morgan fingerprint density at radius 1 is 1.58 bits per heavy atom. The quantitative estimate of drug-likeness (QED) is 0.666. The second-order valence-corrected chi connectivity index (χ2v) is 3.40. The summed E-state index contributed by atoms with van der Waals surface area (Å²) in [5.74, 6) is 0. The van der Waals surface area contributed by atoms with E-state index >= 15 is 0 Å². The van der Waals surface area contributed by atoms with E-state index in [0.29, 0.717) is 12.1 Å². The predicted molar refractivity (Wildman–Crippen MR) is 46.0 cm³/mol. The van der Waals surface area contributed by atoms with Gasteiger partial charge in [-0.1, -0.05) is 0 Å². The largest absolute Gasteiger partial charge is 0.381 e. The highest BCUT2D eigenvalue weighted by atomic mass is 16.5. The van der Waals surface area contributed by atoms with Crippen molar-refractivity contribution < 1.29 is 4.74 Å². The molecular weight excluding hydrogens is 152 g/mol. The molecule has 3 nitrogen and oxygen atoms in total. The van der Waals surface area contributed by atoms with Crippen LogP contribution in [0, 0.1) is 6.92 Å². The number of hydrogen-bond donors (Lipinski definition) is 0. The topological polar surface area (TPSA) is 27.1 Å². The van der Waals surface area contributed by atoms with Crippen molar-refractivity contribution in [2.75, 3.05) is 7.11 Å². The molecule has 0 atom stereocenters. The van der Waals surface area contributed by atoms with Crippen LogP contribution in [0.5, 0.6) is 0 Å². The maximum Gasteiger partial charge on any atom is 0.0612 e. The Kier molecular flexibility index (Phi) is 1.89. The molecule has 0 radical (unpaired) electrons. The van der Waals surface area contributed by atoms with Gasteiger partial charge in [-0.05, 0) is 25.8 Å². The van der Waals surface area contributed by atoms with Crippen LogP contribution in [0.3, 0.4) is 0 Å². The molecule has 1 aromatic rings. The lowest BCUT2D eigenvalue weighted by atomic mass is 9.89. The van der Waals surface area contributed by atoms with Crippen molar-refractivity contribution in [1.82, 2.24) is 9.78 Å². The van der Waals surface area contributed by atoms with E-state index in [9.17, 15) is 0 Å². The molecule has 0 saturated heterocycles. The first-order chi connectivity index (χ1) is 5.81. The van der Waals surface area contributed by atoms with Crippen molar-refractivity contribution in [3.05, 3.63) is 18.0 Å². The average molecular weight is 166 g/mol. The van der Waals surface area contributed by atoms with Crippen LogP contribution in [0.15, 0.2) is 12.3 Å². The Bertz CT molecular complexity index is 263. The number of methoxy groups -OCH3 is 1. The van der Waals surface area contributed by atoms with Crippen LogP contribution in [0.25, 0.3) is 0 Å². The molecule has 1 fully saturated rings. The van der Waals surface area contributed by atoms with Gasteiger partial charge in [-0.3, -0.25) is 4.68 Å². The van der Waals surface area contributed by atoms with Crippen LogP contribution in [-0.4, -0.2) is 23.0 Å². The van der Waals surface area contributed by atoms with Gasteiger partial charge in [0.25, 0.3) is 0 Å². The Hall–Kier alpha value is -0.830. The van der Waals surface area contributed by atoms with Crippen LogP contribution in [0.2, 0.25) is 0 Å². The normalized spacial score (nSPS) is 28.5. The molecule has 2 rings (SSSR count). The van der Waals surface area contributed by atoms with Crippen molar-refractivity contribution in [3.8, 4) is 0 Å². The summed E-state index contributed by atoms with van der Waals surface area (Å²) in [4.78, 5) is 0. The van der Waals surface area contributed by atoms with Gasteiger partial charge in [0.05, 0.1) is 12.1 Å². The number of rotatable bonds is 2. The number of aryl methyl sites for hydroxylation is 1. The number of aromatic nitrogens is 2. The minimum Gasteiger partial charge on any atom is -0.381 e. The zero-order valence-corrected chi connectivity index (χ0v) is 7.53. The lowest BCUT2D eigenvalue weighted by Crippen LogP contribution is -2.33. The van der Waals surface area contributed by atoms with Gasteiger partial charge in [-0.2, -0.15) is 5.10 Å². The monoisotopic (exact) mass is 166 g/mol. The van der Waals surface area contributed by atoms with Gasteiger partial charge in [0, 0.05) is 19.0 Å². The Morgan fingerprint density at radius 2 is 2.33 bits per heavy atom. The molecule has 0 unspecified atom stereocenters. The van der Waals surface area contributed by atoms with Crippen molar-refractivity contribution in [2.45, 2.75) is 31.9 Å². The number of hydrogen-bond acceptors (Lipinski definition) is 2. The molecule has 0 aliphatic heterocycles. The summed E-state index contributed by atoms with van der Waals surface area (Å²) in [5.41, 5.74) is 1.24. The van der Waals surface area contributed by atoms with Crippen molar-refractivity contribution in [2.24, 2.45) is 0 Å². The van der Waals surface area contributed by atoms with Gasteiger partial charge in [-0.25, -0.2) is 0 Å². The first-order valence-corrected chi connectivity index (χ1v) is 4.34. The SMILES string of the molecule is COC1CC(n2nccc2C)C1. The van der Waals surface area contributed by atoms with Crippen LogP contribution in [0.4, 0.5) is 0 Å². The molecule has 66 valence electrons. The smallest absolute Gasteiger partial charge is 0.0612 e. The van der Waals surface area contributed by atoms with E-state index in [-0.39, 0.29) is 0 Å². The summed E-state index contributed by atoms with van der Waals surface area (Å²) >= 11 is 0. The van der Waals surface area contributed by atoms with Crippen LogP contribution in [0.1, 0.15) is 24.6 Å². The minimum absolute atomic E-state index is 0.457. The molecule has 0 amide bonds. The summed E-state index contributed by atoms with van der Waals surface area (Å²) in [6.45, 7) is 2.09. The first-order valence-electron chi connectivity index (χ1n) is 4.34. The highest BCUT2D eigenvalue weighted by Gasteiger charge is 2.31. The second kappa shape index (κ2) is 2.90.